The van der Waals surface area contributed by atoms with Crippen LogP contribution in [0.1, 0.15) is 53.4 Å². The molecule has 0 unspecified atom stereocenters. The molecule has 26 heavy (non-hydrogen) atoms. The Labute approximate surface area is 177 Å². The molecule has 0 spiro atoms. The number of unbranched alkanes of at least 4 members (excludes halogenated alkanes) is 2. The minimum Gasteiger partial charge on any atom is -0.356 e. The summed E-state index contributed by atoms with van der Waals surface area (Å²) >= 11 is 0. The molecule has 1 saturated heterocycles. The largest absolute Gasteiger partial charge is 0.356 e. The molecular weight excluding hydrogens is 441 g/mol. The van der Waals surface area contributed by atoms with Crippen molar-refractivity contribution in [3.8, 4) is 0 Å². The number of carbonyl (C=O) groups excluding carboxylic acids is 1. The first-order valence-corrected chi connectivity index (χ1v) is 9.80. The van der Waals surface area contributed by atoms with Crippen LogP contribution >= 0.6 is 24.0 Å². The van der Waals surface area contributed by atoms with Crippen molar-refractivity contribution in [2.45, 2.75) is 53.4 Å². The van der Waals surface area contributed by atoms with Crippen molar-refractivity contribution >= 4 is 35.8 Å². The van der Waals surface area contributed by atoms with Crippen molar-refractivity contribution in [3.05, 3.63) is 0 Å². The van der Waals surface area contributed by atoms with Gasteiger partial charge in [-0.05, 0) is 11.8 Å². The van der Waals surface area contributed by atoms with Crippen LogP contribution < -0.4 is 10.6 Å². The fourth-order valence-corrected chi connectivity index (χ4v) is 3.10. The fourth-order valence-electron chi connectivity index (χ4n) is 3.10. The molecule has 0 saturated carbocycles. The van der Waals surface area contributed by atoms with E-state index < -0.39 is 0 Å². The summed E-state index contributed by atoms with van der Waals surface area (Å²) in [5.41, 5.74) is 0.288. The van der Waals surface area contributed by atoms with Crippen molar-refractivity contribution in [3.63, 3.8) is 0 Å². The predicted molar refractivity (Wildman–Crippen MR) is 121 cm³/mol. The zero-order chi connectivity index (χ0) is 18.7. The minimum atomic E-state index is 0. The highest BCUT2D eigenvalue weighted by Gasteiger charge is 2.19. The maximum absolute atomic E-state index is 11.4. The molecule has 0 atom stereocenters. The Morgan fingerprint density at radius 2 is 1.77 bits per heavy atom. The number of hydrogen-bond acceptors (Lipinski definition) is 3. The molecular formula is C19H40IN5O. The van der Waals surface area contributed by atoms with Gasteiger partial charge in [0.15, 0.2) is 5.96 Å². The van der Waals surface area contributed by atoms with Crippen molar-refractivity contribution in [1.29, 1.82) is 0 Å². The number of aliphatic imine (C=N–C) groups is 1. The van der Waals surface area contributed by atoms with Crippen LogP contribution in [0.5, 0.6) is 0 Å². The SMILES string of the molecule is CCCCCC(C)(C)CNC(=NC)NCCN1CCN(C(C)=O)CC1.I. The number of nitrogens with zero attached hydrogens (tertiary/aromatic N) is 3. The van der Waals surface area contributed by atoms with Crippen LogP contribution in [-0.4, -0.2) is 74.5 Å². The Morgan fingerprint density at radius 1 is 1.12 bits per heavy atom. The minimum absolute atomic E-state index is 0. The van der Waals surface area contributed by atoms with Gasteiger partial charge in [-0.3, -0.25) is 14.7 Å². The van der Waals surface area contributed by atoms with Gasteiger partial charge in [0.25, 0.3) is 0 Å². The third-order valence-electron chi connectivity index (χ3n) is 4.95. The molecule has 0 aromatic rings. The molecule has 1 fully saturated rings. The molecule has 1 aliphatic heterocycles. The number of amides is 1. The fraction of sp³-hybridized carbons (Fsp3) is 0.895. The summed E-state index contributed by atoms with van der Waals surface area (Å²) < 4.78 is 0. The van der Waals surface area contributed by atoms with Crippen molar-refractivity contribution in [1.82, 2.24) is 20.4 Å². The second-order valence-electron chi connectivity index (χ2n) is 7.82. The highest BCUT2D eigenvalue weighted by Crippen LogP contribution is 2.22. The molecule has 1 amide bonds. The second-order valence-corrected chi connectivity index (χ2v) is 7.82. The van der Waals surface area contributed by atoms with E-state index in [1.165, 1.54) is 25.7 Å². The van der Waals surface area contributed by atoms with Gasteiger partial charge in [0.05, 0.1) is 0 Å². The Morgan fingerprint density at radius 3 is 2.31 bits per heavy atom. The Balaban J connectivity index is 0.00000625. The van der Waals surface area contributed by atoms with Crippen LogP contribution in [0, 0.1) is 5.41 Å². The first kappa shape index (κ1) is 25.4. The Bertz CT molecular complexity index is 420. The first-order chi connectivity index (χ1) is 11.9. The van der Waals surface area contributed by atoms with Gasteiger partial charge >= 0.3 is 0 Å². The maximum atomic E-state index is 11.4. The lowest BCUT2D eigenvalue weighted by atomic mass is 9.87. The van der Waals surface area contributed by atoms with Crippen LogP contribution in [0.15, 0.2) is 4.99 Å². The van der Waals surface area contributed by atoms with E-state index in [9.17, 15) is 4.79 Å². The number of hydrogen-bond donors (Lipinski definition) is 2. The highest BCUT2D eigenvalue weighted by molar-refractivity contribution is 14.0. The Hall–Kier alpha value is -0.570. The number of nitrogens with one attached hydrogen (secondary N) is 2. The lowest BCUT2D eigenvalue weighted by Crippen LogP contribution is -2.50. The van der Waals surface area contributed by atoms with Gasteiger partial charge in [0, 0.05) is 59.8 Å². The average molecular weight is 481 g/mol. The molecule has 7 heteroatoms. The third-order valence-corrected chi connectivity index (χ3v) is 4.95. The smallest absolute Gasteiger partial charge is 0.219 e. The molecule has 0 radical (unpaired) electrons. The number of piperazine rings is 1. The zero-order valence-electron chi connectivity index (χ0n) is 17.4. The molecule has 154 valence electrons. The summed E-state index contributed by atoms with van der Waals surface area (Å²) in [6.07, 6.45) is 5.12. The van der Waals surface area contributed by atoms with E-state index in [-0.39, 0.29) is 35.3 Å². The lowest BCUT2D eigenvalue weighted by Gasteiger charge is -2.34. The van der Waals surface area contributed by atoms with E-state index in [1.54, 1.807) is 6.92 Å². The van der Waals surface area contributed by atoms with Crippen LogP contribution in [0.25, 0.3) is 0 Å². The molecule has 1 rings (SSSR count). The van der Waals surface area contributed by atoms with Gasteiger partial charge in [-0.2, -0.15) is 0 Å². The van der Waals surface area contributed by atoms with Crippen molar-refractivity contribution in [2.24, 2.45) is 10.4 Å². The van der Waals surface area contributed by atoms with E-state index >= 15 is 0 Å². The molecule has 0 aromatic heterocycles. The standard InChI is InChI=1S/C19H39N5O.HI/c1-6-7-8-9-19(3,4)16-22-18(20-5)21-10-11-23-12-14-24(15-13-23)17(2)25;/h6-16H2,1-5H3,(H2,20,21,22);1H. The van der Waals surface area contributed by atoms with Gasteiger partial charge in [0.1, 0.15) is 0 Å². The summed E-state index contributed by atoms with van der Waals surface area (Å²) in [6.45, 7) is 14.9. The van der Waals surface area contributed by atoms with Crippen LogP contribution in [0.3, 0.4) is 0 Å². The van der Waals surface area contributed by atoms with E-state index in [2.05, 4.69) is 41.3 Å². The van der Waals surface area contributed by atoms with Crippen molar-refractivity contribution < 1.29 is 4.79 Å². The number of rotatable bonds is 9. The third kappa shape index (κ3) is 10.5. The molecule has 1 aliphatic rings. The molecule has 0 aromatic carbocycles. The summed E-state index contributed by atoms with van der Waals surface area (Å²) in [5.74, 6) is 1.06. The monoisotopic (exact) mass is 481 g/mol. The van der Waals surface area contributed by atoms with Gasteiger partial charge in [0.2, 0.25) is 5.91 Å². The summed E-state index contributed by atoms with van der Waals surface area (Å²) in [6, 6.07) is 0. The number of guanidine groups is 1. The van der Waals surface area contributed by atoms with E-state index in [4.69, 9.17) is 0 Å². The molecule has 6 nitrogen and oxygen atoms in total. The number of halogens is 1. The van der Waals surface area contributed by atoms with E-state index in [0.717, 1.165) is 51.8 Å². The van der Waals surface area contributed by atoms with E-state index in [0.29, 0.717) is 0 Å². The molecule has 1 heterocycles. The van der Waals surface area contributed by atoms with E-state index in [1.807, 2.05) is 11.9 Å². The van der Waals surface area contributed by atoms with Gasteiger partial charge in [-0.25, -0.2) is 0 Å². The number of carbonyl (C=O) groups is 1. The van der Waals surface area contributed by atoms with Gasteiger partial charge in [-0.1, -0.05) is 40.0 Å². The van der Waals surface area contributed by atoms with Gasteiger partial charge in [-0.15, -0.1) is 24.0 Å². The van der Waals surface area contributed by atoms with Crippen LogP contribution in [0.2, 0.25) is 0 Å². The molecule has 0 aliphatic carbocycles. The van der Waals surface area contributed by atoms with Crippen LogP contribution in [0.4, 0.5) is 0 Å². The Kier molecular flexibility index (Phi) is 13.3. The summed E-state index contributed by atoms with van der Waals surface area (Å²) in [4.78, 5) is 20.0. The lowest BCUT2D eigenvalue weighted by molar-refractivity contribution is -0.130. The molecule has 2 N–H and O–H groups in total. The predicted octanol–water partition coefficient (Wildman–Crippen LogP) is 2.54. The summed E-state index contributed by atoms with van der Waals surface area (Å²) in [7, 11) is 1.82. The second kappa shape index (κ2) is 13.6. The highest BCUT2D eigenvalue weighted by atomic mass is 127. The molecule has 0 bridgehead atoms. The maximum Gasteiger partial charge on any atom is 0.219 e. The normalized spacial score (nSPS) is 16.2. The first-order valence-electron chi connectivity index (χ1n) is 9.80. The zero-order valence-corrected chi connectivity index (χ0v) is 19.8. The van der Waals surface area contributed by atoms with Gasteiger partial charge < -0.3 is 15.5 Å². The quantitative estimate of drug-likeness (QED) is 0.230. The van der Waals surface area contributed by atoms with Crippen LogP contribution in [-0.2, 0) is 4.79 Å². The van der Waals surface area contributed by atoms with Crippen molar-refractivity contribution in [2.75, 3.05) is 52.9 Å². The average Bonchev–Trinajstić information content (AvgIpc) is 2.58. The topological polar surface area (TPSA) is 60.0 Å². The summed E-state index contributed by atoms with van der Waals surface area (Å²) in [5, 5.41) is 6.87.